The zero-order chi connectivity index (χ0) is 53.3. The first kappa shape index (κ1) is 56.1. The van der Waals surface area contributed by atoms with Gasteiger partial charge in [-0.15, -0.1) is 0 Å². The van der Waals surface area contributed by atoms with Gasteiger partial charge in [-0.3, -0.25) is 23.9 Å². The van der Waals surface area contributed by atoms with Crippen LogP contribution in [0, 0.1) is 11.2 Å². The van der Waals surface area contributed by atoms with Crippen molar-refractivity contribution in [3.63, 3.8) is 0 Å². The second-order valence-corrected chi connectivity index (χ2v) is 19.7. The third kappa shape index (κ3) is 15.7. The highest BCUT2D eigenvalue weighted by atomic mass is 19.1. The number of nitrogens with one attached hydrogen (secondary N) is 5. The number of benzene rings is 2. The molecule has 0 saturated carbocycles. The average Bonchev–Trinajstić information content (AvgIpc) is 4.25. The molecule has 4 aromatic heterocycles. The number of hydrogen-bond donors (Lipinski definition) is 5. The van der Waals surface area contributed by atoms with E-state index in [2.05, 4.69) is 41.4 Å². The number of fused-ring (bicyclic) bond motifs is 1. The Balaban J connectivity index is 0.761. The monoisotopic (exact) mass is 1030 g/mol. The molecular weight excluding hydrogens is 962 g/mol. The minimum atomic E-state index is -0.846. The van der Waals surface area contributed by atoms with Crippen LogP contribution in [-0.2, 0) is 39.9 Å². The molecule has 2 aromatic carbocycles. The molecule has 6 aromatic rings. The molecule has 3 amide bonds. The van der Waals surface area contributed by atoms with Gasteiger partial charge in [0.05, 0.1) is 90.3 Å². The van der Waals surface area contributed by atoms with Crippen LogP contribution in [-0.4, -0.2) is 155 Å². The van der Waals surface area contributed by atoms with E-state index >= 15 is 0 Å². The zero-order valence-corrected chi connectivity index (χ0v) is 43.9. The van der Waals surface area contributed by atoms with Crippen LogP contribution in [0.1, 0.15) is 75.8 Å². The van der Waals surface area contributed by atoms with E-state index in [0.717, 1.165) is 38.8 Å². The van der Waals surface area contributed by atoms with Gasteiger partial charge in [-0.25, -0.2) is 14.1 Å². The van der Waals surface area contributed by atoms with Gasteiger partial charge in [-0.1, -0.05) is 70.2 Å². The van der Waals surface area contributed by atoms with Crippen LogP contribution in [0.4, 0.5) is 4.39 Å². The number of rotatable bonds is 28. The van der Waals surface area contributed by atoms with Crippen LogP contribution in [0.15, 0.2) is 97.8 Å². The van der Waals surface area contributed by atoms with Crippen molar-refractivity contribution in [1.82, 2.24) is 55.7 Å². The van der Waals surface area contributed by atoms with E-state index in [9.17, 15) is 23.6 Å². The Morgan fingerprint density at radius 3 is 2.23 bits per heavy atom. The molecule has 7 rings (SSSR count). The molecule has 20 heteroatoms. The predicted molar refractivity (Wildman–Crippen MR) is 282 cm³/mol. The number of aromatic nitrogens is 6. The summed E-state index contributed by atoms with van der Waals surface area (Å²) in [6, 6.07) is 15.8. The summed E-state index contributed by atoms with van der Waals surface area (Å²) in [6.07, 6.45) is 11.8. The fourth-order valence-corrected chi connectivity index (χ4v) is 8.85. The normalized spacial score (nSPS) is 16.0. The van der Waals surface area contributed by atoms with Gasteiger partial charge >= 0.3 is 0 Å². The fourth-order valence-electron chi connectivity index (χ4n) is 8.85. The lowest BCUT2D eigenvalue weighted by Gasteiger charge is -2.36. The van der Waals surface area contributed by atoms with Crippen molar-refractivity contribution in [3.05, 3.63) is 115 Å². The van der Waals surface area contributed by atoms with Crippen molar-refractivity contribution in [2.24, 2.45) is 5.41 Å². The summed E-state index contributed by atoms with van der Waals surface area (Å²) in [4.78, 5) is 63.7. The van der Waals surface area contributed by atoms with Gasteiger partial charge in [0.2, 0.25) is 23.6 Å². The van der Waals surface area contributed by atoms with Crippen molar-refractivity contribution in [2.75, 3.05) is 73.0 Å². The lowest BCUT2D eigenvalue weighted by molar-refractivity contribution is -0.144. The molecule has 5 heterocycles. The molecule has 402 valence electrons. The fraction of sp³-hybridized carbons (Fsp3) is 0.473. The van der Waals surface area contributed by atoms with Gasteiger partial charge in [0.15, 0.2) is 0 Å². The number of nitrogens with zero attached hydrogens (tertiary/aromatic N) is 6. The predicted octanol–water partition coefficient (Wildman–Crippen LogP) is 5.54. The molecule has 5 N–H and O–H groups in total. The molecule has 75 heavy (non-hydrogen) atoms. The van der Waals surface area contributed by atoms with E-state index in [-0.39, 0.29) is 54.6 Å². The second-order valence-electron chi connectivity index (χ2n) is 19.7. The largest absolute Gasteiger partial charge is 0.379 e. The Bertz CT molecular complexity index is 2790. The first-order valence-electron chi connectivity index (χ1n) is 25.7. The number of carbonyl (C=O) groups excluding carboxylic acids is 4. The Morgan fingerprint density at radius 2 is 1.53 bits per heavy atom. The molecular formula is C55H72FN11O8. The van der Waals surface area contributed by atoms with E-state index in [0.29, 0.717) is 84.4 Å². The molecule has 19 nitrogen and oxygen atoms in total. The van der Waals surface area contributed by atoms with E-state index in [1.165, 1.54) is 16.8 Å². The van der Waals surface area contributed by atoms with E-state index < -0.39 is 23.5 Å². The lowest BCUT2D eigenvalue weighted by Crippen LogP contribution is -2.59. The number of aromatic amines is 1. The number of halogens is 1. The number of pyridine rings is 1. The lowest BCUT2D eigenvalue weighted by atomic mass is 9.85. The molecule has 0 aliphatic carbocycles. The molecule has 0 radical (unpaired) electrons. The van der Waals surface area contributed by atoms with Crippen LogP contribution >= 0.6 is 0 Å². The van der Waals surface area contributed by atoms with Gasteiger partial charge in [-0.05, 0) is 61.6 Å². The molecule has 1 aliphatic rings. The van der Waals surface area contributed by atoms with E-state index in [1.807, 2.05) is 82.6 Å². The van der Waals surface area contributed by atoms with Gasteiger partial charge in [0.25, 0.3) is 0 Å². The van der Waals surface area contributed by atoms with Crippen LogP contribution in [0.2, 0.25) is 0 Å². The summed E-state index contributed by atoms with van der Waals surface area (Å²) >= 11 is 0. The van der Waals surface area contributed by atoms with Crippen LogP contribution < -0.4 is 21.3 Å². The van der Waals surface area contributed by atoms with E-state index in [4.69, 9.17) is 18.9 Å². The third-order valence-corrected chi connectivity index (χ3v) is 13.2. The quantitative estimate of drug-likeness (QED) is 0.0382. The van der Waals surface area contributed by atoms with Gasteiger partial charge in [0.1, 0.15) is 23.5 Å². The number of likely N-dealkylation sites (N-methyl/N-ethyl adjacent to an activating group) is 1. The third-order valence-electron chi connectivity index (χ3n) is 13.2. The SMILES string of the molecule is CC[C@@H](NC(=O)[C@@H]1C[C@H](NCCOCCOCCOCCOCCC(=O)n2cc(-c3cnc4[nH]cc(-c5cnn(Cc6cccc(F)c6)c5)c4c3)cn2)CN1C(=O)C(NC(=O)[C@H](C)NC)C(C)(C)C)c1ccccc1. The Morgan fingerprint density at radius 1 is 0.827 bits per heavy atom. The van der Waals surface area contributed by atoms with E-state index in [1.54, 1.807) is 54.4 Å². The van der Waals surface area contributed by atoms with Gasteiger partial charge < -0.3 is 50.1 Å². The Hall–Kier alpha value is -6.68. The van der Waals surface area contributed by atoms with Crippen molar-refractivity contribution < 1.29 is 42.5 Å². The number of likely N-dealkylation sites (tertiary alicyclic amines) is 1. The topological polar surface area (TPSA) is 221 Å². The molecule has 0 bridgehead atoms. The second kappa shape index (κ2) is 27.2. The molecule has 1 saturated heterocycles. The summed E-state index contributed by atoms with van der Waals surface area (Å²) in [7, 11) is 1.69. The maximum absolute atomic E-state index is 14.3. The smallest absolute Gasteiger partial charge is 0.249 e. The van der Waals surface area contributed by atoms with Crippen LogP contribution in [0.3, 0.4) is 0 Å². The number of carbonyl (C=O) groups is 4. The van der Waals surface area contributed by atoms with Crippen molar-refractivity contribution in [1.29, 1.82) is 0 Å². The number of hydrogen-bond acceptors (Lipinski definition) is 13. The molecule has 1 fully saturated rings. The first-order valence-corrected chi connectivity index (χ1v) is 25.7. The highest BCUT2D eigenvalue weighted by Gasteiger charge is 2.45. The Labute approximate surface area is 437 Å². The number of H-pyrrole nitrogens is 1. The maximum Gasteiger partial charge on any atom is 0.249 e. The van der Waals surface area contributed by atoms with Gasteiger partial charge in [0, 0.05) is 71.6 Å². The molecule has 5 atom stereocenters. The van der Waals surface area contributed by atoms with Crippen molar-refractivity contribution >= 4 is 34.7 Å². The summed E-state index contributed by atoms with van der Waals surface area (Å²) < 4.78 is 39.5. The first-order chi connectivity index (χ1) is 36.2. The number of amides is 3. The van der Waals surface area contributed by atoms with Gasteiger partial charge in [-0.2, -0.15) is 10.2 Å². The highest BCUT2D eigenvalue weighted by molar-refractivity contribution is 5.96. The standard InChI is InChI=1S/C55H72FN11O8/c1-7-47(39-13-9-8-10-14-39)63-53(70)48-28-44(36-66(48)54(71)50(55(3,4)5)64-52(69)37(2)57-6)58-17-19-73-21-23-75-25-24-74-22-20-72-18-16-49(68)67-35-41(30-62-67)40-27-45-46(32-60-51(45)59-29-40)42-31-61-65(34-42)33-38-12-11-15-43(56)26-38/h8-15,26-27,29-32,34-35,37,44,47-48,50,57-58H,7,16-25,28,33,36H2,1-6H3,(H,59,60)(H,63,70)(H,64,69)/t37-,44-,47+,48-,50?/m0/s1. The average molecular weight is 1030 g/mol. The summed E-state index contributed by atoms with van der Waals surface area (Å²) in [5.41, 5.74) is 5.24. The minimum absolute atomic E-state index is 0.138. The minimum Gasteiger partial charge on any atom is -0.379 e. The highest BCUT2D eigenvalue weighted by Crippen LogP contribution is 2.32. The summed E-state index contributed by atoms with van der Waals surface area (Å²) in [6.45, 7) is 13.5. The zero-order valence-electron chi connectivity index (χ0n) is 43.9. The van der Waals surface area contributed by atoms with Crippen molar-refractivity contribution in [2.45, 2.75) is 90.6 Å². The van der Waals surface area contributed by atoms with Crippen LogP contribution in [0.25, 0.3) is 33.3 Å². The molecule has 0 spiro atoms. The number of ether oxygens (including phenoxy) is 4. The molecule has 1 unspecified atom stereocenters. The van der Waals surface area contributed by atoms with Crippen molar-refractivity contribution in [3.8, 4) is 22.3 Å². The Kier molecular flexibility index (Phi) is 20.3. The summed E-state index contributed by atoms with van der Waals surface area (Å²) in [5, 5.41) is 22.2. The molecule has 1 aliphatic heterocycles. The summed E-state index contributed by atoms with van der Waals surface area (Å²) in [5.74, 6) is -1.31. The van der Waals surface area contributed by atoms with Crippen LogP contribution in [0.5, 0.6) is 0 Å². The maximum atomic E-state index is 14.3.